The zero-order valence-electron chi connectivity index (χ0n) is 12.5. The molecule has 0 bridgehead atoms. The van der Waals surface area contributed by atoms with Crippen molar-refractivity contribution in [1.29, 1.82) is 0 Å². The third-order valence-electron chi connectivity index (χ3n) is 4.08. The molecule has 1 aliphatic rings. The van der Waals surface area contributed by atoms with Gasteiger partial charge in [-0.05, 0) is 38.5 Å². The molecule has 0 amide bonds. The Kier molecular flexibility index (Phi) is 5.02. The highest BCUT2D eigenvalue weighted by atomic mass is 32.1. The summed E-state index contributed by atoms with van der Waals surface area (Å²) in [6.07, 6.45) is 4.94. The fourth-order valence-corrected chi connectivity index (χ4v) is 3.94. The predicted octanol–water partition coefficient (Wildman–Crippen LogP) is 3.88. The number of anilines is 1. The molecule has 2 N–H and O–H groups in total. The van der Waals surface area contributed by atoms with Gasteiger partial charge in [-0.15, -0.1) is 11.3 Å². The number of hydrogen-bond acceptors (Lipinski definition) is 4. The van der Waals surface area contributed by atoms with Crippen LogP contribution in [0.25, 0.3) is 0 Å². The molecule has 1 heterocycles. The third kappa shape index (κ3) is 3.51. The van der Waals surface area contributed by atoms with Gasteiger partial charge < -0.3 is 10.4 Å². The molecule has 0 spiro atoms. The highest BCUT2D eigenvalue weighted by Gasteiger charge is 2.30. The number of nitrogens with one attached hydrogen (secondary N) is 1. The molecule has 5 heteroatoms. The number of nitrogens with zero attached hydrogens (tertiary/aromatic N) is 1. The Morgan fingerprint density at radius 2 is 2.30 bits per heavy atom. The molecule has 1 aliphatic carbocycles. The van der Waals surface area contributed by atoms with E-state index in [0.29, 0.717) is 18.4 Å². The number of fused-ring (bicyclic) bond motifs is 1. The van der Waals surface area contributed by atoms with Crippen molar-refractivity contribution in [1.82, 2.24) is 4.98 Å². The summed E-state index contributed by atoms with van der Waals surface area (Å²) in [6, 6.07) is 0.376. The molecular formula is C15H24N2O2S. The van der Waals surface area contributed by atoms with Crippen LogP contribution >= 0.6 is 11.3 Å². The maximum atomic E-state index is 11.3. The number of carboxylic acid groups (broad SMARTS) is 1. The highest BCUT2D eigenvalue weighted by molar-refractivity contribution is 7.15. The number of aliphatic carboxylic acids is 1. The fraction of sp³-hybridized carbons (Fsp3) is 0.733. The first kappa shape index (κ1) is 15.3. The van der Waals surface area contributed by atoms with Crippen LogP contribution in [0, 0.1) is 5.92 Å². The number of aromatic nitrogens is 1. The molecule has 4 nitrogen and oxygen atoms in total. The molecule has 112 valence electrons. The molecule has 3 atom stereocenters. The molecule has 0 radical (unpaired) electrons. The zero-order chi connectivity index (χ0) is 14.7. The number of aryl methyl sites for hydroxylation is 1. The van der Waals surface area contributed by atoms with Gasteiger partial charge in [0.05, 0.1) is 5.69 Å². The van der Waals surface area contributed by atoms with Crippen molar-refractivity contribution in [3.05, 3.63) is 10.6 Å². The SMILES string of the molecule is CCC(C)CC(C)Nc1nc2c(s1)CCCC2C(=O)O. The van der Waals surface area contributed by atoms with Gasteiger partial charge in [-0.1, -0.05) is 20.3 Å². The summed E-state index contributed by atoms with van der Waals surface area (Å²) in [7, 11) is 0. The van der Waals surface area contributed by atoms with Crippen LogP contribution in [0.3, 0.4) is 0 Å². The maximum absolute atomic E-state index is 11.3. The van der Waals surface area contributed by atoms with Crippen molar-refractivity contribution in [3.63, 3.8) is 0 Å². The minimum Gasteiger partial charge on any atom is -0.481 e. The lowest BCUT2D eigenvalue weighted by Crippen LogP contribution is -2.19. The van der Waals surface area contributed by atoms with Crippen molar-refractivity contribution in [2.24, 2.45) is 5.92 Å². The number of hydrogen-bond donors (Lipinski definition) is 2. The Labute approximate surface area is 124 Å². The van der Waals surface area contributed by atoms with Gasteiger partial charge in [-0.3, -0.25) is 4.79 Å². The summed E-state index contributed by atoms with van der Waals surface area (Å²) in [5.41, 5.74) is 0.798. The number of rotatable bonds is 6. The summed E-state index contributed by atoms with van der Waals surface area (Å²) in [5, 5.41) is 13.6. The standard InChI is InChI=1S/C15H24N2O2S/c1-4-9(2)8-10(3)16-15-17-13-11(14(18)19)6-5-7-12(13)20-15/h9-11H,4-8H2,1-3H3,(H,16,17)(H,18,19). The number of thiazole rings is 1. The van der Waals surface area contributed by atoms with E-state index in [4.69, 9.17) is 0 Å². The van der Waals surface area contributed by atoms with Gasteiger partial charge >= 0.3 is 5.97 Å². The summed E-state index contributed by atoms with van der Waals surface area (Å²) < 4.78 is 0. The van der Waals surface area contributed by atoms with E-state index in [1.54, 1.807) is 11.3 Å². The number of carboxylic acids is 1. The lowest BCUT2D eigenvalue weighted by atomic mass is 9.91. The Morgan fingerprint density at radius 1 is 1.55 bits per heavy atom. The van der Waals surface area contributed by atoms with Crippen LogP contribution in [0.2, 0.25) is 0 Å². The molecule has 1 aromatic heterocycles. The van der Waals surface area contributed by atoms with E-state index in [1.165, 1.54) is 6.42 Å². The van der Waals surface area contributed by atoms with Gasteiger partial charge in [0.1, 0.15) is 5.92 Å². The maximum Gasteiger partial charge on any atom is 0.312 e. The smallest absolute Gasteiger partial charge is 0.312 e. The van der Waals surface area contributed by atoms with Crippen LogP contribution in [-0.2, 0) is 11.2 Å². The minimum atomic E-state index is -0.740. The molecular weight excluding hydrogens is 272 g/mol. The third-order valence-corrected chi connectivity index (χ3v) is 5.14. The van der Waals surface area contributed by atoms with Crippen LogP contribution in [0.4, 0.5) is 5.13 Å². The van der Waals surface area contributed by atoms with E-state index < -0.39 is 11.9 Å². The molecule has 3 unspecified atom stereocenters. The fourth-order valence-electron chi connectivity index (χ4n) is 2.76. The van der Waals surface area contributed by atoms with E-state index in [0.717, 1.165) is 35.0 Å². The largest absolute Gasteiger partial charge is 0.481 e. The monoisotopic (exact) mass is 296 g/mol. The Balaban J connectivity index is 2.06. The summed E-state index contributed by atoms with van der Waals surface area (Å²) >= 11 is 1.63. The molecule has 0 saturated carbocycles. The average molecular weight is 296 g/mol. The molecule has 1 aromatic rings. The van der Waals surface area contributed by atoms with Crippen LogP contribution in [0.5, 0.6) is 0 Å². The summed E-state index contributed by atoms with van der Waals surface area (Å²) in [6.45, 7) is 6.63. The second-order valence-corrected chi connectivity index (χ2v) is 6.99. The van der Waals surface area contributed by atoms with E-state index in [2.05, 4.69) is 31.1 Å². The molecule has 20 heavy (non-hydrogen) atoms. The lowest BCUT2D eigenvalue weighted by molar-refractivity contribution is -0.139. The Hall–Kier alpha value is -1.10. The van der Waals surface area contributed by atoms with E-state index in [1.807, 2.05) is 0 Å². The predicted molar refractivity (Wildman–Crippen MR) is 82.6 cm³/mol. The summed E-state index contributed by atoms with van der Waals surface area (Å²) in [4.78, 5) is 17.0. The van der Waals surface area contributed by atoms with Crippen LogP contribution in [-0.4, -0.2) is 22.1 Å². The van der Waals surface area contributed by atoms with Crippen molar-refractivity contribution in [2.45, 2.75) is 64.8 Å². The van der Waals surface area contributed by atoms with E-state index in [-0.39, 0.29) is 0 Å². The quantitative estimate of drug-likeness (QED) is 0.836. The van der Waals surface area contributed by atoms with Crippen LogP contribution in [0.1, 0.15) is 62.9 Å². The van der Waals surface area contributed by atoms with Crippen molar-refractivity contribution in [3.8, 4) is 0 Å². The Bertz CT molecular complexity index is 472. The zero-order valence-corrected chi connectivity index (χ0v) is 13.3. The second kappa shape index (κ2) is 6.57. The first-order valence-electron chi connectivity index (χ1n) is 7.50. The average Bonchev–Trinajstić information content (AvgIpc) is 2.79. The highest BCUT2D eigenvalue weighted by Crippen LogP contribution is 2.37. The van der Waals surface area contributed by atoms with Gasteiger partial charge in [0, 0.05) is 10.9 Å². The minimum absolute atomic E-state index is 0.376. The summed E-state index contributed by atoms with van der Waals surface area (Å²) in [5.74, 6) is -0.454. The van der Waals surface area contributed by atoms with E-state index >= 15 is 0 Å². The topological polar surface area (TPSA) is 62.2 Å². The number of carbonyl (C=O) groups is 1. The molecule has 2 rings (SSSR count). The van der Waals surface area contributed by atoms with Gasteiger partial charge in [0.15, 0.2) is 5.13 Å². The van der Waals surface area contributed by atoms with Crippen LogP contribution < -0.4 is 5.32 Å². The van der Waals surface area contributed by atoms with Crippen LogP contribution in [0.15, 0.2) is 0 Å². The molecule has 0 aliphatic heterocycles. The first-order valence-corrected chi connectivity index (χ1v) is 8.31. The van der Waals surface area contributed by atoms with E-state index in [9.17, 15) is 9.90 Å². The lowest BCUT2D eigenvalue weighted by Gasteiger charge is -2.17. The van der Waals surface area contributed by atoms with Crippen molar-refractivity contribution >= 4 is 22.4 Å². The van der Waals surface area contributed by atoms with Crippen molar-refractivity contribution < 1.29 is 9.90 Å². The van der Waals surface area contributed by atoms with Gasteiger partial charge in [0.2, 0.25) is 0 Å². The Morgan fingerprint density at radius 3 is 2.95 bits per heavy atom. The van der Waals surface area contributed by atoms with Gasteiger partial charge in [-0.2, -0.15) is 0 Å². The first-order chi connectivity index (χ1) is 9.51. The second-order valence-electron chi connectivity index (χ2n) is 5.90. The van der Waals surface area contributed by atoms with Gasteiger partial charge in [0.25, 0.3) is 0 Å². The molecule has 0 aromatic carbocycles. The van der Waals surface area contributed by atoms with Crippen molar-refractivity contribution in [2.75, 3.05) is 5.32 Å². The molecule has 0 saturated heterocycles. The molecule has 0 fully saturated rings. The van der Waals surface area contributed by atoms with Gasteiger partial charge in [-0.25, -0.2) is 4.98 Å². The normalized spacial score (nSPS) is 21.1.